The predicted octanol–water partition coefficient (Wildman–Crippen LogP) is 7.91. The van der Waals surface area contributed by atoms with Crippen molar-refractivity contribution in [2.45, 2.75) is 62.7 Å². The molecule has 1 aliphatic heterocycles. The lowest BCUT2D eigenvalue weighted by atomic mass is 9.98. The number of anilines is 1. The van der Waals surface area contributed by atoms with Crippen molar-refractivity contribution >= 4 is 45.9 Å². The number of rotatable bonds is 7. The summed E-state index contributed by atoms with van der Waals surface area (Å²) in [5, 5.41) is 7.38. The molecule has 3 aromatic rings. The van der Waals surface area contributed by atoms with Crippen LogP contribution in [-0.2, 0) is 23.3 Å². The molecule has 1 fully saturated rings. The average Bonchev–Trinajstić information content (AvgIpc) is 3.61. The summed E-state index contributed by atoms with van der Waals surface area (Å²) in [6, 6.07) is 12.7. The molecule has 0 saturated heterocycles. The topological polar surface area (TPSA) is 54.5 Å². The molecule has 37 heavy (non-hydrogen) atoms. The normalized spacial score (nSPS) is 15.7. The van der Waals surface area contributed by atoms with E-state index < -0.39 is 5.60 Å². The number of fused-ring (bicyclic) bond motifs is 1. The Hall–Kier alpha value is -2.22. The Kier molecular flexibility index (Phi) is 8.03. The van der Waals surface area contributed by atoms with Crippen LogP contribution < -0.4 is 5.32 Å². The number of ether oxygens (including phenoxy) is 1. The van der Waals surface area contributed by atoms with Gasteiger partial charge >= 0.3 is 6.09 Å². The lowest BCUT2D eigenvalue weighted by Crippen LogP contribution is -2.38. The molecule has 2 heterocycles. The minimum atomic E-state index is -0.494. The van der Waals surface area contributed by atoms with E-state index in [0.29, 0.717) is 13.1 Å². The molecular weight excluding hydrogens is 522 g/mol. The standard InChI is InChI=1S/C29H34ClN3O2S2/c1-29(2,3)35-28(34)33-14-12-20-8-11-25(30)24(23(20)13-15-33)17-36-22-9-6-21(7-10-22)26-18-37-27(32-26)31-16-19-4-5-19/h6-11,18-19H,4-5,12-17H2,1-3H3,(H,31,32). The monoisotopic (exact) mass is 555 g/mol. The molecule has 2 aromatic carbocycles. The zero-order valence-electron chi connectivity index (χ0n) is 21.7. The first kappa shape index (κ1) is 26.4. The first-order valence-corrected chi connectivity index (χ1v) is 15.2. The summed E-state index contributed by atoms with van der Waals surface area (Å²) >= 11 is 10.2. The average molecular weight is 556 g/mol. The van der Waals surface area contributed by atoms with Crippen LogP contribution >= 0.6 is 34.7 Å². The smallest absolute Gasteiger partial charge is 0.410 e. The van der Waals surface area contributed by atoms with E-state index in [9.17, 15) is 4.79 Å². The molecule has 1 amide bonds. The maximum atomic E-state index is 12.6. The molecule has 0 atom stereocenters. The summed E-state index contributed by atoms with van der Waals surface area (Å²) in [7, 11) is 0. The van der Waals surface area contributed by atoms with Crippen LogP contribution in [-0.4, -0.2) is 41.2 Å². The quantitative estimate of drug-likeness (QED) is 0.300. The van der Waals surface area contributed by atoms with Crippen molar-refractivity contribution in [2.24, 2.45) is 5.92 Å². The van der Waals surface area contributed by atoms with E-state index in [1.54, 1.807) is 23.1 Å². The second kappa shape index (κ2) is 11.3. The first-order valence-electron chi connectivity index (χ1n) is 12.9. The van der Waals surface area contributed by atoms with Crippen LogP contribution in [0.1, 0.15) is 50.3 Å². The van der Waals surface area contributed by atoms with Crippen molar-refractivity contribution in [1.29, 1.82) is 0 Å². The molecule has 1 aromatic heterocycles. The molecule has 1 saturated carbocycles. The van der Waals surface area contributed by atoms with E-state index in [4.69, 9.17) is 21.3 Å². The predicted molar refractivity (Wildman–Crippen MR) is 155 cm³/mol. The first-order chi connectivity index (χ1) is 17.7. The summed E-state index contributed by atoms with van der Waals surface area (Å²) in [4.78, 5) is 20.4. The van der Waals surface area contributed by atoms with Crippen molar-refractivity contribution in [2.75, 3.05) is 25.0 Å². The molecule has 1 aliphatic carbocycles. The summed E-state index contributed by atoms with van der Waals surface area (Å²) in [5.41, 5.74) is 5.38. The summed E-state index contributed by atoms with van der Waals surface area (Å²) in [5.74, 6) is 1.63. The van der Waals surface area contributed by atoms with Gasteiger partial charge in [-0.2, -0.15) is 0 Å². The number of amides is 1. The van der Waals surface area contributed by atoms with Crippen molar-refractivity contribution < 1.29 is 9.53 Å². The highest BCUT2D eigenvalue weighted by Gasteiger charge is 2.25. The molecule has 2 aliphatic rings. The Balaban J connectivity index is 1.22. The largest absolute Gasteiger partial charge is 0.444 e. The van der Waals surface area contributed by atoms with Crippen molar-refractivity contribution in [1.82, 2.24) is 9.88 Å². The zero-order chi connectivity index (χ0) is 26.0. The Morgan fingerprint density at radius 3 is 2.65 bits per heavy atom. The van der Waals surface area contributed by atoms with Crippen LogP contribution in [0.25, 0.3) is 11.3 Å². The summed E-state index contributed by atoms with van der Waals surface area (Å²) < 4.78 is 5.61. The third-order valence-electron chi connectivity index (χ3n) is 6.68. The lowest BCUT2D eigenvalue weighted by molar-refractivity contribution is 0.0258. The third kappa shape index (κ3) is 7.01. The van der Waals surface area contributed by atoms with Crippen LogP contribution in [0.4, 0.5) is 9.93 Å². The fourth-order valence-corrected chi connectivity index (χ4v) is 6.48. The molecule has 196 valence electrons. The maximum absolute atomic E-state index is 12.6. The van der Waals surface area contributed by atoms with Gasteiger partial charge in [-0.1, -0.05) is 29.8 Å². The maximum Gasteiger partial charge on any atom is 0.410 e. The SMILES string of the molecule is CC(C)(C)OC(=O)N1CCc2ccc(Cl)c(CSc3ccc(-c4csc(NCC5CC5)n4)cc3)c2CC1. The highest BCUT2D eigenvalue weighted by Crippen LogP contribution is 2.34. The van der Waals surface area contributed by atoms with Gasteiger partial charge in [-0.15, -0.1) is 23.1 Å². The third-order valence-corrected chi connectivity index (χ3v) is 8.87. The Morgan fingerprint density at radius 1 is 1.16 bits per heavy atom. The van der Waals surface area contributed by atoms with Gasteiger partial charge in [0.25, 0.3) is 0 Å². The zero-order valence-corrected chi connectivity index (χ0v) is 24.1. The van der Waals surface area contributed by atoms with Crippen LogP contribution in [0.3, 0.4) is 0 Å². The van der Waals surface area contributed by atoms with Gasteiger partial charge in [0.1, 0.15) is 5.60 Å². The molecule has 0 radical (unpaired) electrons. The number of nitrogens with zero attached hydrogens (tertiary/aromatic N) is 2. The molecule has 0 unspecified atom stereocenters. The highest BCUT2D eigenvalue weighted by molar-refractivity contribution is 7.98. The van der Waals surface area contributed by atoms with Gasteiger partial charge in [0, 0.05) is 46.2 Å². The van der Waals surface area contributed by atoms with E-state index in [1.807, 2.05) is 31.7 Å². The van der Waals surface area contributed by atoms with Crippen molar-refractivity contribution in [3.8, 4) is 11.3 Å². The summed E-state index contributed by atoms with van der Waals surface area (Å²) in [6.45, 7) is 8.04. The van der Waals surface area contributed by atoms with Crippen LogP contribution in [0.2, 0.25) is 5.02 Å². The number of thioether (sulfide) groups is 1. The molecule has 8 heteroatoms. The van der Waals surface area contributed by atoms with Gasteiger partial charge in [0.2, 0.25) is 0 Å². The van der Waals surface area contributed by atoms with E-state index in [2.05, 4.69) is 41.0 Å². The number of carbonyl (C=O) groups is 1. The number of nitrogens with one attached hydrogen (secondary N) is 1. The summed E-state index contributed by atoms with van der Waals surface area (Å²) in [6.07, 6.45) is 4.03. The van der Waals surface area contributed by atoms with Crippen LogP contribution in [0, 0.1) is 5.92 Å². The fraction of sp³-hybridized carbons (Fsp3) is 0.448. The molecule has 1 N–H and O–H groups in total. The number of carbonyl (C=O) groups excluding carboxylic acids is 1. The lowest BCUT2D eigenvalue weighted by Gasteiger charge is -2.26. The highest BCUT2D eigenvalue weighted by atomic mass is 35.5. The molecule has 0 spiro atoms. The van der Waals surface area contributed by atoms with E-state index >= 15 is 0 Å². The second-order valence-corrected chi connectivity index (χ2v) is 13.1. The van der Waals surface area contributed by atoms with E-state index in [-0.39, 0.29) is 6.09 Å². The Morgan fingerprint density at radius 2 is 1.92 bits per heavy atom. The number of halogens is 1. The Bertz CT molecular complexity index is 1250. The molecule has 5 rings (SSSR count). The van der Waals surface area contributed by atoms with Crippen molar-refractivity contribution in [3.63, 3.8) is 0 Å². The van der Waals surface area contributed by atoms with Gasteiger partial charge in [0.15, 0.2) is 5.13 Å². The number of hydrogen-bond donors (Lipinski definition) is 1. The van der Waals surface area contributed by atoms with Gasteiger partial charge in [-0.3, -0.25) is 0 Å². The van der Waals surface area contributed by atoms with Crippen LogP contribution in [0.5, 0.6) is 0 Å². The number of hydrogen-bond acceptors (Lipinski definition) is 6. The fourth-order valence-electron chi connectivity index (χ4n) is 4.46. The number of thiazole rings is 1. The number of aromatic nitrogens is 1. The van der Waals surface area contributed by atoms with Gasteiger partial charge in [0.05, 0.1) is 5.69 Å². The van der Waals surface area contributed by atoms with Gasteiger partial charge in [-0.05, 0) is 87.3 Å². The second-order valence-electron chi connectivity index (χ2n) is 10.8. The molecule has 5 nitrogen and oxygen atoms in total. The Labute approximate surface area is 233 Å². The molecular formula is C29H34ClN3O2S2. The number of benzene rings is 2. The van der Waals surface area contributed by atoms with E-state index in [1.165, 1.54) is 34.4 Å². The van der Waals surface area contributed by atoms with E-state index in [0.717, 1.165) is 52.5 Å². The van der Waals surface area contributed by atoms with Gasteiger partial charge in [-0.25, -0.2) is 9.78 Å². The van der Waals surface area contributed by atoms with Crippen molar-refractivity contribution in [3.05, 3.63) is 63.5 Å². The minimum Gasteiger partial charge on any atom is -0.444 e. The van der Waals surface area contributed by atoms with Crippen LogP contribution in [0.15, 0.2) is 46.7 Å². The van der Waals surface area contributed by atoms with Gasteiger partial charge < -0.3 is 15.0 Å². The molecule has 0 bridgehead atoms. The minimum absolute atomic E-state index is 0.242.